The van der Waals surface area contributed by atoms with E-state index in [0.29, 0.717) is 13.5 Å². The van der Waals surface area contributed by atoms with Gasteiger partial charge in [0.05, 0.1) is 0 Å². The van der Waals surface area contributed by atoms with Crippen molar-refractivity contribution in [2.45, 2.75) is 38.3 Å². The number of halogens is 6. The third kappa shape index (κ3) is 1.50. The third-order valence-electron chi connectivity index (χ3n) is 2.78. The van der Waals surface area contributed by atoms with Crippen LogP contribution in [0.5, 0.6) is 0 Å². The largest absolute Gasteiger partial charge is 0.505 e. The van der Waals surface area contributed by atoms with Gasteiger partial charge in [-0.25, -0.2) is 0 Å². The molecule has 1 aliphatic rings. The molecule has 2 unspecified atom stereocenters. The SMILES string of the molecule is CCCC[N+]1(F)C(F)C(F)(F)N(C)C1(F)F. The summed E-state index contributed by atoms with van der Waals surface area (Å²) in [6.07, 6.45) is -7.92. The molecule has 1 aliphatic heterocycles. The number of hydrogen-bond donors (Lipinski definition) is 0. The van der Waals surface area contributed by atoms with E-state index >= 15 is 0 Å². The van der Waals surface area contributed by atoms with Crippen LogP contribution >= 0.6 is 0 Å². The predicted molar refractivity (Wildman–Crippen MR) is 43.7 cm³/mol. The highest BCUT2D eigenvalue weighted by Crippen LogP contribution is 2.52. The first-order valence-electron chi connectivity index (χ1n) is 4.83. The first-order valence-corrected chi connectivity index (χ1v) is 4.83. The maximum absolute atomic E-state index is 13.7. The Morgan fingerprint density at radius 3 is 2.06 bits per heavy atom. The Morgan fingerprint density at radius 2 is 1.75 bits per heavy atom. The lowest BCUT2D eigenvalue weighted by Gasteiger charge is -2.27. The number of hydrogen-bond acceptors (Lipinski definition) is 1. The zero-order valence-electron chi connectivity index (χ0n) is 8.86. The van der Waals surface area contributed by atoms with Gasteiger partial charge in [0.25, 0.3) is 0 Å². The third-order valence-corrected chi connectivity index (χ3v) is 2.78. The van der Waals surface area contributed by atoms with Crippen molar-refractivity contribution in [3.63, 3.8) is 0 Å². The molecule has 1 heterocycles. The summed E-state index contributed by atoms with van der Waals surface area (Å²) < 4.78 is 76.2. The van der Waals surface area contributed by atoms with Crippen molar-refractivity contribution in [1.29, 1.82) is 0 Å². The minimum atomic E-state index is -4.56. The lowest BCUT2D eigenvalue weighted by molar-refractivity contribution is -1.14. The first-order chi connectivity index (χ1) is 7.12. The van der Waals surface area contributed by atoms with E-state index in [1.54, 1.807) is 6.92 Å². The maximum atomic E-state index is 13.7. The zero-order valence-corrected chi connectivity index (χ0v) is 8.86. The Labute approximate surface area is 88.9 Å². The molecule has 0 radical (unpaired) electrons. The highest BCUT2D eigenvalue weighted by atomic mass is 19.3. The van der Waals surface area contributed by atoms with Gasteiger partial charge in [-0.2, -0.15) is 13.2 Å². The molecular formula is C8H13F6N2+. The number of rotatable bonds is 3. The second-order valence-electron chi connectivity index (χ2n) is 3.84. The van der Waals surface area contributed by atoms with Crippen LogP contribution in [0.15, 0.2) is 0 Å². The molecule has 96 valence electrons. The number of quaternary nitrogens is 1. The van der Waals surface area contributed by atoms with E-state index in [-0.39, 0.29) is 6.42 Å². The molecule has 0 aromatic heterocycles. The molecular weight excluding hydrogens is 238 g/mol. The number of unbranched alkanes of at least 4 members (excludes halogenated alkanes) is 1. The topological polar surface area (TPSA) is 3.24 Å². The summed E-state index contributed by atoms with van der Waals surface area (Å²) in [5.74, 6) is 0. The van der Waals surface area contributed by atoms with Gasteiger partial charge in [0.1, 0.15) is 6.54 Å². The van der Waals surface area contributed by atoms with Gasteiger partial charge in [-0.05, 0) is 4.71 Å². The highest BCUT2D eigenvalue weighted by Gasteiger charge is 2.83. The summed E-state index contributed by atoms with van der Waals surface area (Å²) in [6, 6.07) is -4.51. The maximum Gasteiger partial charge on any atom is 0.505 e. The molecule has 1 saturated heterocycles. The predicted octanol–water partition coefficient (Wildman–Crippen LogP) is 2.87. The fourth-order valence-corrected chi connectivity index (χ4v) is 1.61. The molecule has 0 aromatic carbocycles. The minimum absolute atomic E-state index is 0.101. The van der Waals surface area contributed by atoms with Crippen molar-refractivity contribution in [2.24, 2.45) is 0 Å². The molecule has 0 bridgehead atoms. The van der Waals surface area contributed by atoms with Crippen molar-refractivity contribution < 1.29 is 31.1 Å². The van der Waals surface area contributed by atoms with Crippen LogP contribution in [0, 0.1) is 0 Å². The van der Waals surface area contributed by atoms with E-state index in [9.17, 15) is 26.4 Å². The molecule has 0 saturated carbocycles. The van der Waals surface area contributed by atoms with Gasteiger partial charge in [0.2, 0.25) is 0 Å². The lowest BCUT2D eigenvalue weighted by Crippen LogP contribution is -2.56. The van der Waals surface area contributed by atoms with Crippen LogP contribution in [0.3, 0.4) is 0 Å². The van der Waals surface area contributed by atoms with Crippen molar-refractivity contribution >= 4 is 0 Å². The van der Waals surface area contributed by atoms with Gasteiger partial charge in [-0.3, -0.25) is 0 Å². The molecule has 8 heteroatoms. The van der Waals surface area contributed by atoms with Gasteiger partial charge < -0.3 is 0 Å². The van der Waals surface area contributed by atoms with Crippen LogP contribution in [-0.4, -0.2) is 41.7 Å². The summed E-state index contributed by atoms with van der Waals surface area (Å²) >= 11 is 0. The van der Waals surface area contributed by atoms with E-state index in [2.05, 4.69) is 0 Å². The fraction of sp³-hybridized carbons (Fsp3) is 1.00. The van der Waals surface area contributed by atoms with Crippen molar-refractivity contribution in [3.05, 3.63) is 0 Å². The van der Waals surface area contributed by atoms with E-state index < -0.39 is 34.7 Å². The summed E-state index contributed by atoms with van der Waals surface area (Å²) in [5.41, 5.74) is 0. The Bertz CT molecular complexity index is 271. The molecule has 2 nitrogen and oxygen atoms in total. The molecule has 0 spiro atoms. The van der Waals surface area contributed by atoms with Gasteiger partial charge >= 0.3 is 18.5 Å². The molecule has 16 heavy (non-hydrogen) atoms. The summed E-state index contributed by atoms with van der Waals surface area (Å²) in [4.78, 5) is -0.847. The van der Waals surface area contributed by atoms with Crippen LogP contribution < -0.4 is 0 Å². The summed E-state index contributed by atoms with van der Waals surface area (Å²) in [5, 5.41) is 0. The Morgan fingerprint density at radius 1 is 1.25 bits per heavy atom. The van der Waals surface area contributed by atoms with Gasteiger partial charge in [-0.15, -0.1) is 13.7 Å². The normalized spacial score (nSPS) is 37.9. The van der Waals surface area contributed by atoms with E-state index in [1.807, 2.05) is 0 Å². The number of nitrogens with zero attached hydrogens (tertiary/aromatic N) is 2. The molecule has 0 aliphatic carbocycles. The molecule has 1 fully saturated rings. The average Bonchev–Trinajstić information content (AvgIpc) is 2.29. The van der Waals surface area contributed by atoms with E-state index in [1.165, 1.54) is 0 Å². The van der Waals surface area contributed by atoms with Gasteiger partial charge in [0, 0.05) is 17.9 Å². The Hall–Kier alpha value is -0.500. The van der Waals surface area contributed by atoms with E-state index in [0.717, 1.165) is 0 Å². The first kappa shape index (κ1) is 13.6. The van der Waals surface area contributed by atoms with Crippen LogP contribution in [-0.2, 0) is 0 Å². The van der Waals surface area contributed by atoms with Gasteiger partial charge in [0.15, 0.2) is 0 Å². The van der Waals surface area contributed by atoms with Crippen LogP contribution in [0.2, 0.25) is 0 Å². The second-order valence-corrected chi connectivity index (χ2v) is 3.84. The van der Waals surface area contributed by atoms with Gasteiger partial charge in [-0.1, -0.05) is 13.3 Å². The van der Waals surface area contributed by atoms with Crippen LogP contribution in [0.25, 0.3) is 0 Å². The average molecular weight is 251 g/mol. The zero-order chi connectivity index (χ0) is 12.8. The fourth-order valence-electron chi connectivity index (χ4n) is 1.61. The molecule has 0 N–H and O–H groups in total. The minimum Gasteiger partial charge on any atom is -0.177 e. The highest BCUT2D eigenvalue weighted by molar-refractivity contribution is 4.80. The summed E-state index contributed by atoms with van der Waals surface area (Å²) in [7, 11) is 0.304. The molecule has 1 rings (SSSR count). The molecule has 0 aromatic rings. The Balaban J connectivity index is 3.08. The quantitative estimate of drug-likeness (QED) is 0.423. The summed E-state index contributed by atoms with van der Waals surface area (Å²) in [6.45, 7) is 0.583. The Kier molecular flexibility index (Phi) is 3.19. The molecule has 0 amide bonds. The number of likely N-dealkylation sites (N-methyl/N-ethyl adjacent to an activating group) is 1. The van der Waals surface area contributed by atoms with Crippen LogP contribution in [0.4, 0.5) is 26.4 Å². The monoisotopic (exact) mass is 251 g/mol. The van der Waals surface area contributed by atoms with Crippen LogP contribution in [0.1, 0.15) is 19.8 Å². The standard InChI is InChI=1S/C8H13F6N2/c1-3-4-5-16(14)6(9)7(10,11)15(2)8(16,12)13/h6H,3-5H2,1-2H3/q+1. The molecule has 2 atom stereocenters. The van der Waals surface area contributed by atoms with Crippen molar-refractivity contribution in [2.75, 3.05) is 13.6 Å². The second kappa shape index (κ2) is 3.76. The number of alkyl halides is 5. The smallest absolute Gasteiger partial charge is 0.177 e. The lowest BCUT2D eigenvalue weighted by atomic mass is 10.3. The van der Waals surface area contributed by atoms with Crippen molar-refractivity contribution in [3.8, 4) is 0 Å². The van der Waals surface area contributed by atoms with Crippen molar-refractivity contribution in [1.82, 2.24) is 4.90 Å². The van der Waals surface area contributed by atoms with E-state index in [4.69, 9.17) is 0 Å².